The number of benzene rings is 1. The van der Waals surface area contributed by atoms with Gasteiger partial charge in [0, 0.05) is 24.9 Å². The van der Waals surface area contributed by atoms with Crippen LogP contribution in [-0.2, 0) is 24.2 Å². The molecule has 2 heterocycles. The summed E-state index contributed by atoms with van der Waals surface area (Å²) in [7, 11) is 1.64. The van der Waals surface area contributed by atoms with Crippen molar-refractivity contribution in [3.05, 3.63) is 47.5 Å². The van der Waals surface area contributed by atoms with Crippen molar-refractivity contribution < 1.29 is 14.6 Å². The Morgan fingerprint density at radius 1 is 1.43 bits per heavy atom. The third-order valence-electron chi connectivity index (χ3n) is 4.04. The van der Waals surface area contributed by atoms with Crippen LogP contribution in [-0.4, -0.2) is 27.7 Å². The fourth-order valence-electron chi connectivity index (χ4n) is 2.78. The Labute approximate surface area is 123 Å². The average molecular weight is 286 g/mol. The van der Waals surface area contributed by atoms with Crippen LogP contribution in [0.1, 0.15) is 23.5 Å². The summed E-state index contributed by atoms with van der Waals surface area (Å²) in [6, 6.07) is 7.88. The molecule has 1 aliphatic heterocycles. The smallest absolute Gasteiger partial charge is 0.308 e. The van der Waals surface area contributed by atoms with Crippen LogP contribution in [0.2, 0.25) is 0 Å². The fraction of sp³-hybridized carbons (Fsp3) is 0.375. The molecule has 1 aromatic heterocycles. The Balaban J connectivity index is 1.80. The van der Waals surface area contributed by atoms with Crippen LogP contribution in [0.5, 0.6) is 5.75 Å². The van der Waals surface area contributed by atoms with Crippen LogP contribution in [0.25, 0.3) is 0 Å². The summed E-state index contributed by atoms with van der Waals surface area (Å²) in [4.78, 5) is 15.6. The standard InChI is InChI=1S/C16H18N2O3/c1-21-14-6-2-11(3-7-14)8-15-17-9-13-5-4-12(16(19)20)10-18(13)15/h2-3,6-7,9,12H,4-5,8,10H2,1H3,(H,19,20). The minimum absolute atomic E-state index is 0.304. The van der Waals surface area contributed by atoms with Crippen molar-refractivity contribution >= 4 is 5.97 Å². The second-order valence-electron chi connectivity index (χ2n) is 5.38. The number of hydrogen-bond donors (Lipinski definition) is 1. The maximum absolute atomic E-state index is 11.2. The second kappa shape index (κ2) is 5.60. The Hall–Kier alpha value is -2.30. The number of hydrogen-bond acceptors (Lipinski definition) is 3. The van der Waals surface area contributed by atoms with Crippen molar-refractivity contribution in [2.75, 3.05) is 7.11 Å². The highest BCUT2D eigenvalue weighted by Gasteiger charge is 2.26. The van der Waals surface area contributed by atoms with Gasteiger partial charge in [-0.25, -0.2) is 4.98 Å². The molecular formula is C16H18N2O3. The van der Waals surface area contributed by atoms with Crippen LogP contribution in [0.3, 0.4) is 0 Å². The quantitative estimate of drug-likeness (QED) is 0.935. The van der Waals surface area contributed by atoms with Gasteiger partial charge >= 0.3 is 5.97 Å². The first-order chi connectivity index (χ1) is 10.2. The van der Waals surface area contributed by atoms with Crippen LogP contribution in [0.15, 0.2) is 30.5 Å². The maximum atomic E-state index is 11.2. The fourth-order valence-corrected chi connectivity index (χ4v) is 2.78. The third-order valence-corrected chi connectivity index (χ3v) is 4.04. The lowest BCUT2D eigenvalue weighted by atomic mass is 9.98. The number of imidazole rings is 1. The number of carboxylic acids is 1. The highest BCUT2D eigenvalue weighted by atomic mass is 16.5. The molecule has 0 bridgehead atoms. The molecule has 0 fully saturated rings. The van der Waals surface area contributed by atoms with E-state index in [2.05, 4.69) is 9.55 Å². The second-order valence-corrected chi connectivity index (χ2v) is 5.38. The first-order valence-corrected chi connectivity index (χ1v) is 7.06. The SMILES string of the molecule is COc1ccc(Cc2ncc3n2CC(C(=O)O)CC3)cc1. The number of methoxy groups -OCH3 is 1. The van der Waals surface area contributed by atoms with Gasteiger partial charge in [-0.05, 0) is 30.5 Å². The van der Waals surface area contributed by atoms with Crippen molar-refractivity contribution in [3.63, 3.8) is 0 Å². The van der Waals surface area contributed by atoms with E-state index in [1.807, 2.05) is 30.5 Å². The van der Waals surface area contributed by atoms with Crippen molar-refractivity contribution in [3.8, 4) is 5.75 Å². The van der Waals surface area contributed by atoms with Gasteiger partial charge in [-0.2, -0.15) is 0 Å². The Bertz CT molecular complexity index is 646. The zero-order valence-electron chi connectivity index (χ0n) is 12.0. The van der Waals surface area contributed by atoms with E-state index in [1.165, 1.54) is 0 Å². The number of carbonyl (C=O) groups is 1. The molecular weight excluding hydrogens is 268 g/mol. The molecule has 0 amide bonds. The number of aromatic nitrogens is 2. The first-order valence-electron chi connectivity index (χ1n) is 7.06. The highest BCUT2D eigenvalue weighted by Crippen LogP contribution is 2.23. The van der Waals surface area contributed by atoms with E-state index in [4.69, 9.17) is 4.74 Å². The number of ether oxygens (including phenoxy) is 1. The van der Waals surface area contributed by atoms with Gasteiger partial charge in [-0.1, -0.05) is 12.1 Å². The molecule has 0 radical (unpaired) electrons. The summed E-state index contributed by atoms with van der Waals surface area (Å²) in [6.45, 7) is 0.524. The van der Waals surface area contributed by atoms with Gasteiger partial charge in [0.2, 0.25) is 0 Å². The van der Waals surface area contributed by atoms with Crippen LogP contribution < -0.4 is 4.74 Å². The van der Waals surface area contributed by atoms with E-state index in [0.717, 1.165) is 29.3 Å². The number of nitrogens with zero attached hydrogens (tertiary/aromatic N) is 2. The zero-order valence-corrected chi connectivity index (χ0v) is 12.0. The summed E-state index contributed by atoms with van der Waals surface area (Å²) < 4.78 is 7.21. The third kappa shape index (κ3) is 2.77. The summed E-state index contributed by atoms with van der Waals surface area (Å²) in [5, 5.41) is 9.19. The van der Waals surface area contributed by atoms with Gasteiger partial charge in [0.25, 0.3) is 0 Å². The Morgan fingerprint density at radius 2 is 2.19 bits per heavy atom. The van der Waals surface area contributed by atoms with Crippen molar-refractivity contribution in [2.24, 2.45) is 5.92 Å². The molecule has 0 saturated heterocycles. The molecule has 5 heteroatoms. The lowest BCUT2D eigenvalue weighted by molar-refractivity contribution is -0.142. The van der Waals surface area contributed by atoms with Gasteiger partial charge < -0.3 is 14.4 Å². The molecule has 110 valence electrons. The topological polar surface area (TPSA) is 64.4 Å². The number of fused-ring (bicyclic) bond motifs is 1. The molecule has 3 rings (SSSR count). The normalized spacial score (nSPS) is 17.3. The van der Waals surface area contributed by atoms with E-state index >= 15 is 0 Å². The molecule has 5 nitrogen and oxygen atoms in total. The van der Waals surface area contributed by atoms with Crippen molar-refractivity contribution in [1.82, 2.24) is 9.55 Å². The van der Waals surface area contributed by atoms with Crippen LogP contribution in [0.4, 0.5) is 0 Å². The first kappa shape index (κ1) is 13.7. The van der Waals surface area contributed by atoms with Gasteiger partial charge in [0.1, 0.15) is 11.6 Å². The molecule has 1 N–H and O–H groups in total. The molecule has 2 aromatic rings. The molecule has 1 aliphatic rings. The largest absolute Gasteiger partial charge is 0.497 e. The predicted molar refractivity (Wildman–Crippen MR) is 77.5 cm³/mol. The van der Waals surface area contributed by atoms with E-state index in [-0.39, 0.29) is 5.92 Å². The summed E-state index contributed by atoms with van der Waals surface area (Å²) in [6.07, 6.45) is 4.06. The molecule has 0 spiro atoms. The zero-order chi connectivity index (χ0) is 14.8. The number of aryl methyl sites for hydroxylation is 1. The van der Waals surface area contributed by atoms with Gasteiger partial charge in [0.05, 0.1) is 13.0 Å². The molecule has 1 unspecified atom stereocenters. The Morgan fingerprint density at radius 3 is 2.86 bits per heavy atom. The van der Waals surface area contributed by atoms with Crippen LogP contribution >= 0.6 is 0 Å². The lowest BCUT2D eigenvalue weighted by Crippen LogP contribution is -2.27. The minimum atomic E-state index is -0.718. The van der Waals surface area contributed by atoms with E-state index in [0.29, 0.717) is 19.4 Å². The molecule has 1 aromatic carbocycles. The highest BCUT2D eigenvalue weighted by molar-refractivity contribution is 5.70. The van der Waals surface area contributed by atoms with E-state index < -0.39 is 5.97 Å². The Kier molecular flexibility index (Phi) is 3.64. The number of aliphatic carboxylic acids is 1. The molecule has 1 atom stereocenters. The molecule has 0 saturated carbocycles. The van der Waals surface area contributed by atoms with Gasteiger partial charge in [-0.15, -0.1) is 0 Å². The van der Waals surface area contributed by atoms with E-state index in [9.17, 15) is 9.90 Å². The predicted octanol–water partition coefficient (Wildman–Crippen LogP) is 2.13. The minimum Gasteiger partial charge on any atom is -0.497 e. The van der Waals surface area contributed by atoms with Crippen LogP contribution in [0, 0.1) is 5.92 Å². The summed E-state index contributed by atoms with van der Waals surface area (Å²) in [5.41, 5.74) is 2.28. The molecule has 21 heavy (non-hydrogen) atoms. The number of rotatable bonds is 4. The average Bonchev–Trinajstić information content (AvgIpc) is 2.90. The maximum Gasteiger partial charge on any atom is 0.308 e. The van der Waals surface area contributed by atoms with Crippen molar-refractivity contribution in [2.45, 2.75) is 25.8 Å². The lowest BCUT2D eigenvalue weighted by Gasteiger charge is -2.22. The summed E-state index contributed by atoms with van der Waals surface area (Å²) in [5.74, 6) is 0.738. The summed E-state index contributed by atoms with van der Waals surface area (Å²) >= 11 is 0. The van der Waals surface area contributed by atoms with Gasteiger partial charge in [-0.3, -0.25) is 4.79 Å². The van der Waals surface area contributed by atoms with Gasteiger partial charge in [0.15, 0.2) is 0 Å². The monoisotopic (exact) mass is 286 g/mol. The van der Waals surface area contributed by atoms with E-state index in [1.54, 1.807) is 7.11 Å². The number of carboxylic acid groups (broad SMARTS) is 1. The van der Waals surface area contributed by atoms with Crippen molar-refractivity contribution in [1.29, 1.82) is 0 Å². The molecule has 0 aliphatic carbocycles.